The van der Waals surface area contributed by atoms with Gasteiger partial charge in [0.1, 0.15) is 10.0 Å². The van der Waals surface area contributed by atoms with Crippen molar-refractivity contribution in [2.75, 3.05) is 7.05 Å². The molecule has 0 saturated carbocycles. The van der Waals surface area contributed by atoms with Gasteiger partial charge in [0.25, 0.3) is 0 Å². The third kappa shape index (κ3) is 3.38. The lowest BCUT2D eigenvalue weighted by Gasteiger charge is -2.42. The first kappa shape index (κ1) is 19.6. The molecule has 5 rings (SSSR count). The highest BCUT2D eigenvalue weighted by molar-refractivity contribution is 7.14. The highest BCUT2D eigenvalue weighted by Crippen LogP contribution is 2.51. The second kappa shape index (κ2) is 7.94. The number of aryl methyl sites for hydroxylation is 1. The summed E-state index contributed by atoms with van der Waals surface area (Å²) in [5.41, 5.74) is 3.96. The minimum absolute atomic E-state index is 0. The Morgan fingerprint density at radius 1 is 0.964 bits per heavy atom. The van der Waals surface area contributed by atoms with Crippen molar-refractivity contribution in [1.82, 2.24) is 15.1 Å². The molecular weight excluding hydrogens is 386 g/mol. The quantitative estimate of drug-likeness (QED) is 0.556. The predicted octanol–water partition coefficient (Wildman–Crippen LogP) is 5.67. The summed E-state index contributed by atoms with van der Waals surface area (Å²) >= 11 is 1.78. The Balaban J connectivity index is 0.00000192. The standard InChI is InChI=1S/C23H25N3S.ClH/c1-15-8-10-16(11-9-15)19-14-18-12-13-20(26(18)2)21(19)23-25-24-22(27-23)17-6-4-3-5-7-17;/h3-11,18-21H,12-14H2,1-2H3;1H/t18?,19-,20?,21+;/m1./s1. The molecule has 3 heterocycles. The van der Waals surface area contributed by atoms with Gasteiger partial charge in [-0.25, -0.2) is 0 Å². The van der Waals surface area contributed by atoms with Gasteiger partial charge in [0.05, 0.1) is 0 Å². The first-order valence-corrected chi connectivity index (χ1v) is 10.7. The van der Waals surface area contributed by atoms with Crippen LogP contribution in [0.15, 0.2) is 54.6 Å². The number of likely N-dealkylation sites (N-methyl/N-ethyl adjacent to an activating group) is 1. The molecule has 3 aromatic rings. The number of halogens is 1. The van der Waals surface area contributed by atoms with E-state index in [0.29, 0.717) is 23.9 Å². The van der Waals surface area contributed by atoms with Crippen molar-refractivity contribution in [3.05, 3.63) is 70.7 Å². The van der Waals surface area contributed by atoms with E-state index in [2.05, 4.69) is 72.5 Å². The van der Waals surface area contributed by atoms with Gasteiger partial charge in [-0.3, -0.25) is 4.90 Å². The second-order valence-electron chi connectivity index (χ2n) is 8.05. The molecule has 4 atom stereocenters. The van der Waals surface area contributed by atoms with Crippen LogP contribution in [0.3, 0.4) is 0 Å². The lowest BCUT2D eigenvalue weighted by Crippen LogP contribution is -2.44. The number of rotatable bonds is 3. The summed E-state index contributed by atoms with van der Waals surface area (Å²) in [4.78, 5) is 2.61. The fraction of sp³-hybridized carbons (Fsp3) is 0.391. The Morgan fingerprint density at radius 2 is 1.71 bits per heavy atom. The number of piperidine rings is 1. The number of aromatic nitrogens is 2. The van der Waals surface area contributed by atoms with E-state index in [9.17, 15) is 0 Å². The predicted molar refractivity (Wildman–Crippen MR) is 118 cm³/mol. The third-order valence-corrected chi connectivity index (χ3v) is 7.59. The van der Waals surface area contributed by atoms with E-state index in [0.717, 1.165) is 5.01 Å². The van der Waals surface area contributed by atoms with Crippen LogP contribution in [0.1, 0.15) is 47.2 Å². The van der Waals surface area contributed by atoms with Gasteiger partial charge in [0.15, 0.2) is 0 Å². The normalized spacial score (nSPS) is 26.8. The van der Waals surface area contributed by atoms with Gasteiger partial charge >= 0.3 is 0 Å². The van der Waals surface area contributed by atoms with Crippen LogP contribution in [-0.4, -0.2) is 34.2 Å². The van der Waals surface area contributed by atoms with Crippen LogP contribution in [-0.2, 0) is 0 Å². The van der Waals surface area contributed by atoms with E-state index in [-0.39, 0.29) is 12.4 Å². The van der Waals surface area contributed by atoms with Gasteiger partial charge in [-0.1, -0.05) is 71.5 Å². The minimum atomic E-state index is 0. The summed E-state index contributed by atoms with van der Waals surface area (Å²) in [6.07, 6.45) is 3.81. The highest BCUT2D eigenvalue weighted by atomic mass is 35.5. The maximum Gasteiger partial charge on any atom is 0.147 e. The van der Waals surface area contributed by atoms with Crippen LogP contribution in [0.5, 0.6) is 0 Å². The molecule has 0 radical (unpaired) electrons. The highest BCUT2D eigenvalue weighted by Gasteiger charge is 2.47. The van der Waals surface area contributed by atoms with Crippen LogP contribution in [0.25, 0.3) is 10.6 Å². The molecule has 5 heteroatoms. The van der Waals surface area contributed by atoms with Crippen molar-refractivity contribution >= 4 is 23.7 Å². The van der Waals surface area contributed by atoms with Crippen LogP contribution < -0.4 is 0 Å². The number of nitrogens with zero attached hydrogens (tertiary/aromatic N) is 3. The van der Waals surface area contributed by atoms with Crippen molar-refractivity contribution in [3.63, 3.8) is 0 Å². The van der Waals surface area contributed by atoms with Crippen molar-refractivity contribution in [1.29, 1.82) is 0 Å². The zero-order valence-electron chi connectivity index (χ0n) is 16.3. The smallest absolute Gasteiger partial charge is 0.147 e. The summed E-state index contributed by atoms with van der Waals surface area (Å²) in [5.74, 6) is 0.974. The van der Waals surface area contributed by atoms with E-state index in [1.165, 1.54) is 41.0 Å². The van der Waals surface area contributed by atoms with Crippen molar-refractivity contribution in [3.8, 4) is 10.6 Å². The topological polar surface area (TPSA) is 29.0 Å². The molecule has 2 aliphatic rings. The van der Waals surface area contributed by atoms with Crippen LogP contribution in [0.4, 0.5) is 0 Å². The van der Waals surface area contributed by atoms with E-state index >= 15 is 0 Å². The molecule has 0 spiro atoms. The molecule has 2 aromatic carbocycles. The lowest BCUT2D eigenvalue weighted by molar-refractivity contribution is 0.137. The maximum absolute atomic E-state index is 4.70. The van der Waals surface area contributed by atoms with Crippen molar-refractivity contribution < 1.29 is 0 Å². The number of benzene rings is 2. The minimum Gasteiger partial charge on any atom is -0.300 e. The van der Waals surface area contributed by atoms with Gasteiger partial charge < -0.3 is 0 Å². The van der Waals surface area contributed by atoms with Crippen LogP contribution in [0.2, 0.25) is 0 Å². The molecule has 2 aliphatic heterocycles. The first-order valence-electron chi connectivity index (χ1n) is 9.88. The molecule has 2 unspecified atom stereocenters. The Bertz CT molecular complexity index is 925. The average Bonchev–Trinajstić information content (AvgIpc) is 3.26. The summed E-state index contributed by atoms with van der Waals surface area (Å²) in [6, 6.07) is 20.9. The second-order valence-corrected chi connectivity index (χ2v) is 9.06. The molecule has 2 bridgehead atoms. The Kier molecular flexibility index (Phi) is 5.55. The van der Waals surface area contributed by atoms with E-state index < -0.39 is 0 Å². The van der Waals surface area contributed by atoms with Crippen LogP contribution >= 0.6 is 23.7 Å². The zero-order chi connectivity index (χ0) is 18.4. The maximum atomic E-state index is 4.70. The SMILES string of the molecule is Cc1ccc([C@H]2CC3CCC([C@H]2c2nnc(-c4ccccc4)s2)N3C)cc1.Cl. The fourth-order valence-electron chi connectivity index (χ4n) is 5.03. The van der Waals surface area contributed by atoms with Crippen molar-refractivity contribution in [2.45, 2.75) is 50.1 Å². The molecule has 2 fully saturated rings. The van der Waals surface area contributed by atoms with Gasteiger partial charge in [-0.15, -0.1) is 22.6 Å². The first-order chi connectivity index (χ1) is 13.2. The van der Waals surface area contributed by atoms with Crippen molar-refractivity contribution in [2.24, 2.45) is 0 Å². The summed E-state index contributed by atoms with van der Waals surface area (Å²) < 4.78 is 0. The van der Waals surface area contributed by atoms with E-state index in [1.807, 2.05) is 6.07 Å². The monoisotopic (exact) mass is 411 g/mol. The molecule has 28 heavy (non-hydrogen) atoms. The molecule has 0 aliphatic carbocycles. The largest absolute Gasteiger partial charge is 0.300 e. The van der Waals surface area contributed by atoms with Gasteiger partial charge in [-0.05, 0) is 44.7 Å². The summed E-state index contributed by atoms with van der Waals surface area (Å²) in [7, 11) is 2.31. The number of hydrogen-bond donors (Lipinski definition) is 0. The van der Waals surface area contributed by atoms with Gasteiger partial charge in [0, 0.05) is 23.6 Å². The zero-order valence-corrected chi connectivity index (χ0v) is 17.9. The Morgan fingerprint density at radius 3 is 2.46 bits per heavy atom. The average molecular weight is 412 g/mol. The van der Waals surface area contributed by atoms with Gasteiger partial charge in [-0.2, -0.15) is 0 Å². The Labute approximate surface area is 177 Å². The summed E-state index contributed by atoms with van der Waals surface area (Å²) in [6.45, 7) is 2.16. The molecule has 0 N–H and O–H groups in total. The number of fused-ring (bicyclic) bond motifs is 2. The lowest BCUT2D eigenvalue weighted by atomic mass is 9.76. The molecule has 146 valence electrons. The molecule has 3 nitrogen and oxygen atoms in total. The van der Waals surface area contributed by atoms with Gasteiger partial charge in [0.2, 0.25) is 0 Å². The third-order valence-electron chi connectivity index (χ3n) is 6.52. The van der Waals surface area contributed by atoms with E-state index in [4.69, 9.17) is 5.10 Å². The molecule has 2 saturated heterocycles. The van der Waals surface area contributed by atoms with Crippen LogP contribution in [0, 0.1) is 6.92 Å². The molecular formula is C23H26ClN3S. The molecule has 1 aromatic heterocycles. The van der Waals surface area contributed by atoms with E-state index in [1.54, 1.807) is 11.3 Å². The Hall–Kier alpha value is -1.75. The fourth-order valence-corrected chi connectivity index (χ4v) is 6.10. The number of hydrogen-bond acceptors (Lipinski definition) is 4. The molecule has 0 amide bonds. The summed E-state index contributed by atoms with van der Waals surface area (Å²) in [5, 5.41) is 11.5.